The lowest BCUT2D eigenvalue weighted by Crippen LogP contribution is -2.30. The lowest BCUT2D eigenvalue weighted by Gasteiger charge is -2.30. The van der Waals surface area contributed by atoms with Crippen LogP contribution in [0.25, 0.3) is 0 Å². The fraction of sp³-hybridized carbons (Fsp3) is 0.818. The van der Waals surface area contributed by atoms with Gasteiger partial charge in [-0.25, -0.2) is 0 Å². The minimum absolute atomic E-state index is 0.636. The first-order valence-corrected chi connectivity index (χ1v) is 6.05. The summed E-state index contributed by atoms with van der Waals surface area (Å²) in [5, 5.41) is 11.8. The van der Waals surface area contributed by atoms with Crippen molar-refractivity contribution in [2.45, 2.75) is 44.1 Å². The molecule has 1 saturated carbocycles. The van der Waals surface area contributed by atoms with E-state index in [4.69, 9.17) is 0 Å². The van der Waals surface area contributed by atoms with Crippen molar-refractivity contribution in [3.8, 4) is 0 Å². The molecule has 0 spiro atoms. The minimum atomic E-state index is 0.636. The van der Waals surface area contributed by atoms with Gasteiger partial charge in [0.05, 0.1) is 0 Å². The fourth-order valence-electron chi connectivity index (χ4n) is 2.58. The SMILES string of the molecule is c1nnc(C2CCC2)n1C1CCNCC1. The van der Waals surface area contributed by atoms with Gasteiger partial charge in [-0.05, 0) is 38.8 Å². The molecule has 1 aliphatic carbocycles. The molecule has 1 aromatic rings. The molecule has 2 aliphatic rings. The molecular weight excluding hydrogens is 188 g/mol. The van der Waals surface area contributed by atoms with Gasteiger partial charge in [-0.3, -0.25) is 0 Å². The first kappa shape index (κ1) is 9.33. The van der Waals surface area contributed by atoms with Crippen LogP contribution in [-0.4, -0.2) is 27.9 Å². The maximum absolute atomic E-state index is 4.31. The molecule has 15 heavy (non-hydrogen) atoms. The van der Waals surface area contributed by atoms with E-state index in [0.717, 1.165) is 13.1 Å². The summed E-state index contributed by atoms with van der Waals surface area (Å²) >= 11 is 0. The molecule has 0 amide bonds. The molecule has 0 bridgehead atoms. The van der Waals surface area contributed by atoms with Gasteiger partial charge in [0.2, 0.25) is 0 Å². The van der Waals surface area contributed by atoms with Gasteiger partial charge in [0.1, 0.15) is 12.2 Å². The molecule has 82 valence electrons. The Morgan fingerprint density at radius 2 is 2.00 bits per heavy atom. The predicted octanol–water partition coefficient (Wildman–Crippen LogP) is 1.47. The number of hydrogen-bond donors (Lipinski definition) is 1. The van der Waals surface area contributed by atoms with Crippen LogP contribution in [0.3, 0.4) is 0 Å². The van der Waals surface area contributed by atoms with E-state index < -0.39 is 0 Å². The van der Waals surface area contributed by atoms with E-state index in [2.05, 4.69) is 20.1 Å². The Hall–Kier alpha value is -0.900. The van der Waals surface area contributed by atoms with E-state index in [0.29, 0.717) is 12.0 Å². The first-order chi connectivity index (χ1) is 7.45. The average Bonchev–Trinajstić information content (AvgIpc) is 2.65. The summed E-state index contributed by atoms with van der Waals surface area (Å²) in [5.74, 6) is 1.94. The summed E-state index contributed by atoms with van der Waals surface area (Å²) in [5.41, 5.74) is 0. The zero-order valence-electron chi connectivity index (χ0n) is 9.02. The van der Waals surface area contributed by atoms with Crippen LogP contribution in [0.4, 0.5) is 0 Å². The molecule has 0 unspecified atom stereocenters. The number of hydrogen-bond acceptors (Lipinski definition) is 3. The normalized spacial score (nSPS) is 24.0. The number of aromatic nitrogens is 3. The highest BCUT2D eigenvalue weighted by Crippen LogP contribution is 2.36. The standard InChI is InChI=1S/C11H18N4/c1-2-9(3-1)11-14-13-8-15(11)10-4-6-12-7-5-10/h8-10,12H,1-7H2. The van der Waals surface area contributed by atoms with Crippen molar-refractivity contribution in [3.63, 3.8) is 0 Å². The van der Waals surface area contributed by atoms with E-state index in [1.807, 2.05) is 6.33 Å². The van der Waals surface area contributed by atoms with Crippen LogP contribution in [0.15, 0.2) is 6.33 Å². The Morgan fingerprint density at radius 3 is 2.67 bits per heavy atom. The molecule has 1 saturated heterocycles. The average molecular weight is 206 g/mol. The van der Waals surface area contributed by atoms with Gasteiger partial charge >= 0.3 is 0 Å². The molecule has 2 fully saturated rings. The van der Waals surface area contributed by atoms with E-state index in [-0.39, 0.29) is 0 Å². The lowest BCUT2D eigenvalue weighted by molar-refractivity contribution is 0.326. The third kappa shape index (κ3) is 1.67. The van der Waals surface area contributed by atoms with E-state index in [9.17, 15) is 0 Å². The van der Waals surface area contributed by atoms with Gasteiger partial charge in [0, 0.05) is 12.0 Å². The van der Waals surface area contributed by atoms with Crippen molar-refractivity contribution in [3.05, 3.63) is 12.2 Å². The molecule has 4 heteroatoms. The minimum Gasteiger partial charge on any atom is -0.317 e. The molecule has 0 radical (unpaired) electrons. The maximum Gasteiger partial charge on any atom is 0.136 e. The van der Waals surface area contributed by atoms with Gasteiger partial charge in [0.25, 0.3) is 0 Å². The van der Waals surface area contributed by atoms with Crippen LogP contribution in [0.2, 0.25) is 0 Å². The molecule has 3 rings (SSSR count). The van der Waals surface area contributed by atoms with Gasteiger partial charge in [-0.2, -0.15) is 0 Å². The van der Waals surface area contributed by atoms with Crippen LogP contribution in [0.5, 0.6) is 0 Å². The van der Waals surface area contributed by atoms with Gasteiger partial charge in [0.15, 0.2) is 0 Å². The molecular formula is C11H18N4. The highest BCUT2D eigenvalue weighted by molar-refractivity contribution is 5.02. The van der Waals surface area contributed by atoms with E-state index in [1.165, 1.54) is 37.9 Å². The van der Waals surface area contributed by atoms with E-state index in [1.54, 1.807) is 0 Å². The Balaban J connectivity index is 1.80. The number of nitrogens with one attached hydrogen (secondary N) is 1. The Morgan fingerprint density at radius 1 is 1.20 bits per heavy atom. The zero-order chi connectivity index (χ0) is 10.1. The Bertz CT molecular complexity index is 323. The van der Waals surface area contributed by atoms with Crippen molar-refractivity contribution in [2.24, 2.45) is 0 Å². The summed E-state index contributed by atoms with van der Waals surface area (Å²) in [4.78, 5) is 0. The highest BCUT2D eigenvalue weighted by atomic mass is 15.3. The summed E-state index contributed by atoms with van der Waals surface area (Å²) < 4.78 is 2.34. The van der Waals surface area contributed by atoms with Crippen molar-refractivity contribution in [1.82, 2.24) is 20.1 Å². The van der Waals surface area contributed by atoms with Gasteiger partial charge < -0.3 is 9.88 Å². The largest absolute Gasteiger partial charge is 0.317 e. The summed E-state index contributed by atoms with van der Waals surface area (Å²) in [6, 6.07) is 0.636. The lowest BCUT2D eigenvalue weighted by atomic mass is 9.84. The molecule has 0 atom stereocenters. The second-order valence-electron chi connectivity index (χ2n) is 4.71. The number of rotatable bonds is 2. The Labute approximate surface area is 90.1 Å². The molecule has 1 aliphatic heterocycles. The van der Waals surface area contributed by atoms with Crippen LogP contribution in [0.1, 0.15) is 49.9 Å². The topological polar surface area (TPSA) is 42.7 Å². The summed E-state index contributed by atoms with van der Waals surface area (Å²) in [7, 11) is 0. The predicted molar refractivity (Wildman–Crippen MR) is 57.8 cm³/mol. The molecule has 1 N–H and O–H groups in total. The monoisotopic (exact) mass is 206 g/mol. The summed E-state index contributed by atoms with van der Waals surface area (Å²) in [6.07, 6.45) is 8.36. The van der Waals surface area contributed by atoms with Crippen molar-refractivity contribution in [1.29, 1.82) is 0 Å². The number of piperidine rings is 1. The second kappa shape index (κ2) is 3.93. The third-order valence-corrected chi connectivity index (χ3v) is 3.77. The van der Waals surface area contributed by atoms with Crippen molar-refractivity contribution < 1.29 is 0 Å². The van der Waals surface area contributed by atoms with Crippen LogP contribution < -0.4 is 5.32 Å². The smallest absolute Gasteiger partial charge is 0.136 e. The quantitative estimate of drug-likeness (QED) is 0.796. The van der Waals surface area contributed by atoms with E-state index >= 15 is 0 Å². The molecule has 2 heterocycles. The van der Waals surface area contributed by atoms with Crippen LogP contribution in [-0.2, 0) is 0 Å². The maximum atomic E-state index is 4.31. The zero-order valence-corrected chi connectivity index (χ0v) is 9.02. The van der Waals surface area contributed by atoms with Gasteiger partial charge in [-0.1, -0.05) is 6.42 Å². The molecule has 1 aromatic heterocycles. The fourth-order valence-corrected chi connectivity index (χ4v) is 2.58. The first-order valence-electron chi connectivity index (χ1n) is 6.05. The van der Waals surface area contributed by atoms with Crippen LogP contribution >= 0.6 is 0 Å². The van der Waals surface area contributed by atoms with Crippen molar-refractivity contribution in [2.75, 3.05) is 13.1 Å². The number of nitrogens with zero attached hydrogens (tertiary/aromatic N) is 3. The second-order valence-corrected chi connectivity index (χ2v) is 4.71. The molecule has 4 nitrogen and oxygen atoms in total. The third-order valence-electron chi connectivity index (χ3n) is 3.77. The van der Waals surface area contributed by atoms with Crippen molar-refractivity contribution >= 4 is 0 Å². The van der Waals surface area contributed by atoms with Crippen LogP contribution in [0, 0.1) is 0 Å². The van der Waals surface area contributed by atoms with Gasteiger partial charge in [-0.15, -0.1) is 10.2 Å². The summed E-state index contributed by atoms with van der Waals surface area (Å²) in [6.45, 7) is 2.26. The highest BCUT2D eigenvalue weighted by Gasteiger charge is 2.27. The molecule has 0 aromatic carbocycles. The Kier molecular flexibility index (Phi) is 2.44.